The highest BCUT2D eigenvalue weighted by Gasteiger charge is 2.05. The Morgan fingerprint density at radius 1 is 1.31 bits per heavy atom. The van der Waals surface area contributed by atoms with Gasteiger partial charge < -0.3 is 10.3 Å². The van der Waals surface area contributed by atoms with Gasteiger partial charge in [0.2, 0.25) is 0 Å². The predicted octanol–water partition coefficient (Wildman–Crippen LogP) is 2.25. The second-order valence-electron chi connectivity index (χ2n) is 3.26. The van der Waals surface area contributed by atoms with Crippen LogP contribution in [-0.2, 0) is 0 Å². The maximum atomic E-state index is 11.7. The molecule has 0 radical (unpaired) electrons. The Balaban J connectivity index is 2.16. The van der Waals surface area contributed by atoms with Gasteiger partial charge in [-0.2, -0.15) is 0 Å². The third kappa shape index (κ3) is 2.12. The van der Waals surface area contributed by atoms with Crippen LogP contribution in [0.4, 0.5) is 5.69 Å². The topological polar surface area (TPSA) is 44.9 Å². The van der Waals surface area contributed by atoms with Crippen molar-refractivity contribution in [1.82, 2.24) is 4.98 Å². The third-order valence-electron chi connectivity index (χ3n) is 2.13. The molecule has 2 rings (SSSR count). The zero-order chi connectivity index (χ0) is 11.4. The summed E-state index contributed by atoms with van der Waals surface area (Å²) in [6.45, 7) is 0. The highest BCUT2D eigenvalue weighted by molar-refractivity contribution is 6.02. The summed E-state index contributed by atoms with van der Waals surface area (Å²) in [7, 11) is 0. The van der Waals surface area contributed by atoms with Crippen LogP contribution in [0.3, 0.4) is 0 Å². The molecular weight excluding hydrogens is 200 g/mol. The molecule has 0 aliphatic carbocycles. The van der Waals surface area contributed by atoms with E-state index in [2.05, 4.69) is 16.2 Å². The molecular formula is C13H10N2O. The van der Waals surface area contributed by atoms with Crippen molar-refractivity contribution >= 4 is 11.6 Å². The number of amides is 1. The average Bonchev–Trinajstić information content (AvgIpc) is 2.83. The second-order valence-corrected chi connectivity index (χ2v) is 3.26. The van der Waals surface area contributed by atoms with E-state index in [0.29, 0.717) is 11.4 Å². The minimum atomic E-state index is -0.181. The molecule has 0 aliphatic heterocycles. The summed E-state index contributed by atoms with van der Waals surface area (Å²) in [4.78, 5) is 14.5. The molecule has 1 heterocycles. The van der Waals surface area contributed by atoms with Gasteiger partial charge in [-0.1, -0.05) is 12.0 Å². The number of nitrogens with one attached hydrogen (secondary N) is 2. The molecule has 78 valence electrons. The maximum Gasteiger partial charge on any atom is 0.272 e. The molecule has 16 heavy (non-hydrogen) atoms. The van der Waals surface area contributed by atoms with Gasteiger partial charge in [0.25, 0.3) is 5.91 Å². The van der Waals surface area contributed by atoms with Gasteiger partial charge in [0.05, 0.1) is 0 Å². The smallest absolute Gasteiger partial charge is 0.272 e. The van der Waals surface area contributed by atoms with E-state index in [4.69, 9.17) is 6.42 Å². The Morgan fingerprint density at radius 3 is 2.88 bits per heavy atom. The van der Waals surface area contributed by atoms with Crippen molar-refractivity contribution in [3.05, 3.63) is 53.9 Å². The lowest BCUT2D eigenvalue weighted by Crippen LogP contribution is -2.12. The van der Waals surface area contributed by atoms with E-state index in [9.17, 15) is 4.79 Å². The molecule has 3 heteroatoms. The van der Waals surface area contributed by atoms with Crippen molar-refractivity contribution in [1.29, 1.82) is 0 Å². The van der Waals surface area contributed by atoms with E-state index in [0.717, 1.165) is 5.56 Å². The first-order chi connectivity index (χ1) is 7.79. The summed E-state index contributed by atoms with van der Waals surface area (Å²) in [5, 5.41) is 2.75. The van der Waals surface area contributed by atoms with Crippen LogP contribution in [0.5, 0.6) is 0 Å². The third-order valence-corrected chi connectivity index (χ3v) is 2.13. The highest BCUT2D eigenvalue weighted by atomic mass is 16.1. The fourth-order valence-corrected chi connectivity index (χ4v) is 1.36. The van der Waals surface area contributed by atoms with Crippen molar-refractivity contribution < 1.29 is 4.79 Å². The monoisotopic (exact) mass is 210 g/mol. The minimum Gasteiger partial charge on any atom is -0.357 e. The van der Waals surface area contributed by atoms with Crippen LogP contribution in [-0.4, -0.2) is 10.9 Å². The summed E-state index contributed by atoms with van der Waals surface area (Å²) >= 11 is 0. The molecule has 0 bridgehead atoms. The zero-order valence-corrected chi connectivity index (χ0v) is 8.53. The van der Waals surface area contributed by atoms with E-state index < -0.39 is 0 Å². The number of H-pyrrole nitrogens is 1. The van der Waals surface area contributed by atoms with Crippen molar-refractivity contribution in [2.75, 3.05) is 5.32 Å². The molecule has 0 spiro atoms. The van der Waals surface area contributed by atoms with E-state index in [1.54, 1.807) is 36.5 Å². The Kier molecular flexibility index (Phi) is 2.75. The second kappa shape index (κ2) is 4.37. The molecule has 0 fully saturated rings. The Hall–Kier alpha value is -2.47. The van der Waals surface area contributed by atoms with E-state index in [1.807, 2.05) is 6.07 Å². The number of terminal acetylenes is 1. The number of hydrogen-bond acceptors (Lipinski definition) is 1. The lowest BCUT2D eigenvalue weighted by atomic mass is 10.2. The SMILES string of the molecule is C#Cc1cccc(NC(=O)c2ccc[nH]2)c1. The predicted molar refractivity (Wildman–Crippen MR) is 63.1 cm³/mol. The Bertz CT molecular complexity index is 535. The van der Waals surface area contributed by atoms with E-state index in [-0.39, 0.29) is 5.91 Å². The van der Waals surface area contributed by atoms with Crippen molar-refractivity contribution in [2.24, 2.45) is 0 Å². The van der Waals surface area contributed by atoms with Gasteiger partial charge in [-0.05, 0) is 30.3 Å². The molecule has 2 N–H and O–H groups in total. The number of benzene rings is 1. The first kappa shape index (κ1) is 10.1. The van der Waals surface area contributed by atoms with Crippen LogP contribution >= 0.6 is 0 Å². The molecule has 0 atom stereocenters. The summed E-state index contributed by atoms with van der Waals surface area (Å²) in [6, 6.07) is 10.6. The standard InChI is InChI=1S/C13H10N2O/c1-2-10-5-3-6-11(9-10)15-13(16)12-7-4-8-14-12/h1,3-9,14H,(H,15,16). The van der Waals surface area contributed by atoms with Crippen LogP contribution < -0.4 is 5.32 Å². The van der Waals surface area contributed by atoms with Crippen LogP contribution in [0.2, 0.25) is 0 Å². The van der Waals surface area contributed by atoms with Crippen LogP contribution in [0.25, 0.3) is 0 Å². The van der Waals surface area contributed by atoms with Crippen LogP contribution in [0.1, 0.15) is 16.1 Å². The summed E-state index contributed by atoms with van der Waals surface area (Å²) in [6.07, 6.45) is 6.98. The minimum absolute atomic E-state index is 0.181. The Labute approximate surface area is 93.5 Å². The van der Waals surface area contributed by atoms with Gasteiger partial charge in [0, 0.05) is 17.4 Å². The van der Waals surface area contributed by atoms with Gasteiger partial charge in [-0.25, -0.2) is 0 Å². The van der Waals surface area contributed by atoms with Crippen LogP contribution in [0.15, 0.2) is 42.6 Å². The number of carbonyl (C=O) groups excluding carboxylic acids is 1. The Morgan fingerprint density at radius 2 is 2.19 bits per heavy atom. The van der Waals surface area contributed by atoms with E-state index >= 15 is 0 Å². The number of aromatic nitrogens is 1. The molecule has 1 aromatic carbocycles. The van der Waals surface area contributed by atoms with Crippen molar-refractivity contribution in [2.45, 2.75) is 0 Å². The molecule has 0 unspecified atom stereocenters. The van der Waals surface area contributed by atoms with Crippen molar-refractivity contribution in [3.8, 4) is 12.3 Å². The number of hydrogen-bond donors (Lipinski definition) is 2. The van der Waals surface area contributed by atoms with Gasteiger partial charge in [0.15, 0.2) is 0 Å². The van der Waals surface area contributed by atoms with Gasteiger partial charge >= 0.3 is 0 Å². The molecule has 0 aliphatic rings. The number of anilines is 1. The van der Waals surface area contributed by atoms with Crippen LogP contribution in [0, 0.1) is 12.3 Å². The molecule has 3 nitrogen and oxygen atoms in total. The number of aromatic amines is 1. The molecule has 0 saturated carbocycles. The van der Waals surface area contributed by atoms with Gasteiger partial charge in [-0.3, -0.25) is 4.79 Å². The average molecular weight is 210 g/mol. The van der Waals surface area contributed by atoms with E-state index in [1.165, 1.54) is 0 Å². The summed E-state index contributed by atoms with van der Waals surface area (Å²) in [5.41, 5.74) is 1.95. The van der Waals surface area contributed by atoms with Gasteiger partial charge in [0.1, 0.15) is 5.69 Å². The first-order valence-electron chi connectivity index (χ1n) is 4.81. The molecule has 1 aromatic heterocycles. The number of carbonyl (C=O) groups is 1. The summed E-state index contributed by atoms with van der Waals surface area (Å²) < 4.78 is 0. The lowest BCUT2D eigenvalue weighted by Gasteiger charge is -2.03. The summed E-state index contributed by atoms with van der Waals surface area (Å²) in [5.74, 6) is 2.33. The molecule has 1 amide bonds. The first-order valence-corrected chi connectivity index (χ1v) is 4.81. The molecule has 0 saturated heterocycles. The lowest BCUT2D eigenvalue weighted by molar-refractivity contribution is 0.102. The quantitative estimate of drug-likeness (QED) is 0.733. The number of rotatable bonds is 2. The fraction of sp³-hybridized carbons (Fsp3) is 0. The zero-order valence-electron chi connectivity index (χ0n) is 8.53. The fourth-order valence-electron chi connectivity index (χ4n) is 1.36. The van der Waals surface area contributed by atoms with Gasteiger partial charge in [-0.15, -0.1) is 6.42 Å². The normalized spacial score (nSPS) is 9.44. The van der Waals surface area contributed by atoms with Crippen molar-refractivity contribution in [3.63, 3.8) is 0 Å². The molecule has 2 aromatic rings. The highest BCUT2D eigenvalue weighted by Crippen LogP contribution is 2.10. The maximum absolute atomic E-state index is 11.7. The largest absolute Gasteiger partial charge is 0.357 e.